The van der Waals surface area contributed by atoms with Gasteiger partial charge in [-0.25, -0.2) is 8.78 Å². The SMILES string of the molecule is CCOC1C(Br)CC1Oc1c(F)cc(F)cc1Br. The van der Waals surface area contributed by atoms with Gasteiger partial charge in [-0.05, 0) is 28.9 Å². The number of hydrogen-bond acceptors (Lipinski definition) is 2. The van der Waals surface area contributed by atoms with E-state index < -0.39 is 11.6 Å². The number of benzene rings is 1. The summed E-state index contributed by atoms with van der Waals surface area (Å²) in [6.45, 7) is 2.46. The Bertz CT molecular complexity index is 419. The molecule has 3 unspecified atom stereocenters. The molecule has 1 aliphatic rings. The summed E-state index contributed by atoms with van der Waals surface area (Å²) in [4.78, 5) is 0.213. The Labute approximate surface area is 121 Å². The Hall–Kier alpha value is -0.200. The molecule has 0 aliphatic heterocycles. The van der Waals surface area contributed by atoms with E-state index in [1.165, 1.54) is 6.07 Å². The third-order valence-electron chi connectivity index (χ3n) is 2.77. The van der Waals surface area contributed by atoms with Crippen LogP contribution in [-0.2, 0) is 4.74 Å². The molecule has 0 aromatic heterocycles. The highest BCUT2D eigenvalue weighted by Crippen LogP contribution is 2.37. The molecular formula is C12H12Br2F2O2. The highest BCUT2D eigenvalue weighted by Gasteiger charge is 2.42. The van der Waals surface area contributed by atoms with Crippen molar-refractivity contribution >= 4 is 31.9 Å². The average molecular weight is 386 g/mol. The summed E-state index contributed by atoms with van der Waals surface area (Å²) in [5.41, 5.74) is 0. The van der Waals surface area contributed by atoms with Gasteiger partial charge in [0.15, 0.2) is 11.6 Å². The Morgan fingerprint density at radius 2 is 2.11 bits per heavy atom. The monoisotopic (exact) mass is 384 g/mol. The number of rotatable bonds is 4. The van der Waals surface area contributed by atoms with E-state index in [1.54, 1.807) is 0 Å². The van der Waals surface area contributed by atoms with Gasteiger partial charge in [-0.3, -0.25) is 0 Å². The van der Waals surface area contributed by atoms with Gasteiger partial charge in [0.1, 0.15) is 18.0 Å². The van der Waals surface area contributed by atoms with Gasteiger partial charge < -0.3 is 9.47 Å². The largest absolute Gasteiger partial charge is 0.483 e. The van der Waals surface area contributed by atoms with Crippen LogP contribution in [0.25, 0.3) is 0 Å². The maximum Gasteiger partial charge on any atom is 0.169 e. The normalized spacial score (nSPS) is 26.8. The third kappa shape index (κ3) is 2.86. The molecule has 0 saturated heterocycles. The van der Waals surface area contributed by atoms with Gasteiger partial charge in [-0.15, -0.1) is 0 Å². The standard InChI is InChI=1S/C12H12Br2F2O2/c1-2-17-12-8(14)5-10(12)18-11-7(13)3-6(15)4-9(11)16/h3-4,8,10,12H,2,5H2,1H3. The third-order valence-corrected chi connectivity index (χ3v) is 4.26. The lowest BCUT2D eigenvalue weighted by Crippen LogP contribution is -2.52. The molecule has 3 atom stereocenters. The van der Waals surface area contributed by atoms with Crippen molar-refractivity contribution in [2.45, 2.75) is 30.4 Å². The second-order valence-electron chi connectivity index (χ2n) is 4.03. The van der Waals surface area contributed by atoms with Crippen molar-refractivity contribution in [2.24, 2.45) is 0 Å². The molecule has 1 fully saturated rings. The molecule has 0 bridgehead atoms. The molecule has 2 nitrogen and oxygen atoms in total. The molecule has 0 N–H and O–H groups in total. The molecule has 1 aromatic rings. The summed E-state index contributed by atoms with van der Waals surface area (Å²) in [7, 11) is 0. The van der Waals surface area contributed by atoms with Crippen molar-refractivity contribution in [3.05, 3.63) is 28.2 Å². The highest BCUT2D eigenvalue weighted by atomic mass is 79.9. The first-order chi connectivity index (χ1) is 8.52. The molecular weight excluding hydrogens is 374 g/mol. The molecule has 0 radical (unpaired) electrons. The lowest BCUT2D eigenvalue weighted by molar-refractivity contribution is -0.0737. The molecule has 0 spiro atoms. The predicted molar refractivity (Wildman–Crippen MR) is 71.2 cm³/mol. The van der Waals surface area contributed by atoms with Gasteiger partial charge in [0.2, 0.25) is 0 Å². The van der Waals surface area contributed by atoms with Crippen LogP contribution in [0, 0.1) is 11.6 Å². The molecule has 0 heterocycles. The first-order valence-electron chi connectivity index (χ1n) is 5.59. The minimum Gasteiger partial charge on any atom is -0.483 e. The Kier molecular flexibility index (Phi) is 4.61. The van der Waals surface area contributed by atoms with E-state index in [4.69, 9.17) is 9.47 Å². The fourth-order valence-corrected chi connectivity index (χ4v) is 3.20. The van der Waals surface area contributed by atoms with Crippen LogP contribution in [0.3, 0.4) is 0 Å². The molecule has 0 amide bonds. The van der Waals surface area contributed by atoms with E-state index in [2.05, 4.69) is 31.9 Å². The van der Waals surface area contributed by atoms with Gasteiger partial charge >= 0.3 is 0 Å². The van der Waals surface area contributed by atoms with Gasteiger partial charge in [0, 0.05) is 23.9 Å². The van der Waals surface area contributed by atoms with Crippen molar-refractivity contribution in [3.63, 3.8) is 0 Å². The van der Waals surface area contributed by atoms with Crippen molar-refractivity contribution in [2.75, 3.05) is 6.61 Å². The smallest absolute Gasteiger partial charge is 0.169 e. The number of alkyl halides is 1. The van der Waals surface area contributed by atoms with Crippen molar-refractivity contribution < 1.29 is 18.3 Å². The van der Waals surface area contributed by atoms with Crippen LogP contribution in [0.4, 0.5) is 8.78 Å². The molecule has 18 heavy (non-hydrogen) atoms. The number of ether oxygens (including phenoxy) is 2. The summed E-state index contributed by atoms with van der Waals surface area (Å²) < 4.78 is 37.9. The quantitative estimate of drug-likeness (QED) is 0.728. The topological polar surface area (TPSA) is 18.5 Å². The lowest BCUT2D eigenvalue weighted by Gasteiger charge is -2.40. The van der Waals surface area contributed by atoms with Crippen molar-refractivity contribution in [3.8, 4) is 5.75 Å². The van der Waals surface area contributed by atoms with Crippen molar-refractivity contribution in [1.29, 1.82) is 0 Å². The van der Waals surface area contributed by atoms with Gasteiger partial charge in [-0.1, -0.05) is 15.9 Å². The summed E-state index contributed by atoms with van der Waals surface area (Å²) in [5, 5.41) is 0. The van der Waals surface area contributed by atoms with E-state index in [0.717, 1.165) is 12.5 Å². The van der Waals surface area contributed by atoms with Crippen LogP contribution in [0.1, 0.15) is 13.3 Å². The molecule has 6 heteroatoms. The van der Waals surface area contributed by atoms with E-state index in [9.17, 15) is 8.78 Å². The zero-order valence-electron chi connectivity index (χ0n) is 9.63. The second kappa shape index (κ2) is 5.84. The fraction of sp³-hybridized carbons (Fsp3) is 0.500. The van der Waals surface area contributed by atoms with Crippen LogP contribution < -0.4 is 4.74 Å². The van der Waals surface area contributed by atoms with E-state index in [1.807, 2.05) is 6.92 Å². The summed E-state index contributed by atoms with van der Waals surface area (Å²) in [5.74, 6) is -1.32. The first kappa shape index (κ1) is 14.2. The van der Waals surface area contributed by atoms with E-state index >= 15 is 0 Å². The van der Waals surface area contributed by atoms with Crippen LogP contribution in [0.2, 0.25) is 0 Å². The van der Waals surface area contributed by atoms with E-state index in [-0.39, 0.29) is 27.3 Å². The first-order valence-corrected chi connectivity index (χ1v) is 7.30. The molecule has 1 aromatic carbocycles. The zero-order chi connectivity index (χ0) is 13.3. The van der Waals surface area contributed by atoms with Crippen LogP contribution in [0.5, 0.6) is 5.75 Å². The molecule has 1 saturated carbocycles. The van der Waals surface area contributed by atoms with Crippen LogP contribution in [0.15, 0.2) is 16.6 Å². The highest BCUT2D eigenvalue weighted by molar-refractivity contribution is 9.10. The minimum absolute atomic E-state index is 0.0329. The number of halogens is 4. The summed E-state index contributed by atoms with van der Waals surface area (Å²) in [6, 6.07) is 1.98. The van der Waals surface area contributed by atoms with Crippen LogP contribution in [-0.4, -0.2) is 23.6 Å². The molecule has 2 rings (SSSR count). The lowest BCUT2D eigenvalue weighted by atomic mass is 9.91. The predicted octanol–water partition coefficient (Wildman–Crippen LogP) is 4.05. The van der Waals surface area contributed by atoms with Crippen LogP contribution >= 0.6 is 31.9 Å². The van der Waals surface area contributed by atoms with Gasteiger partial charge in [-0.2, -0.15) is 0 Å². The minimum atomic E-state index is -0.713. The average Bonchev–Trinajstić information content (AvgIpc) is 2.29. The van der Waals surface area contributed by atoms with Gasteiger partial charge in [0.05, 0.1) is 4.47 Å². The Morgan fingerprint density at radius 1 is 1.39 bits per heavy atom. The number of hydrogen-bond donors (Lipinski definition) is 0. The Balaban J connectivity index is 2.10. The Morgan fingerprint density at radius 3 is 2.67 bits per heavy atom. The van der Waals surface area contributed by atoms with E-state index in [0.29, 0.717) is 6.61 Å². The summed E-state index contributed by atoms with van der Waals surface area (Å²) >= 11 is 6.56. The zero-order valence-corrected chi connectivity index (χ0v) is 12.8. The van der Waals surface area contributed by atoms with Crippen molar-refractivity contribution in [1.82, 2.24) is 0 Å². The maximum atomic E-state index is 13.6. The maximum absolute atomic E-state index is 13.6. The summed E-state index contributed by atoms with van der Waals surface area (Å²) in [6.07, 6.45) is 0.408. The fourth-order valence-electron chi connectivity index (χ4n) is 1.84. The second-order valence-corrected chi connectivity index (χ2v) is 6.06. The molecule has 1 aliphatic carbocycles. The van der Waals surface area contributed by atoms with Gasteiger partial charge in [0.25, 0.3) is 0 Å². The molecule has 100 valence electrons.